The summed E-state index contributed by atoms with van der Waals surface area (Å²) in [6, 6.07) is 0.754. The third kappa shape index (κ3) is 7.65. The van der Waals surface area contributed by atoms with Crippen LogP contribution in [0.3, 0.4) is 0 Å². The molecule has 1 rings (SSSR count). The molecule has 126 valence electrons. The van der Waals surface area contributed by atoms with Crippen molar-refractivity contribution >= 4 is 0 Å². The van der Waals surface area contributed by atoms with Gasteiger partial charge in [-0.3, -0.25) is 0 Å². The van der Waals surface area contributed by atoms with Crippen molar-refractivity contribution in [3.05, 3.63) is 0 Å². The van der Waals surface area contributed by atoms with Gasteiger partial charge in [-0.2, -0.15) is 0 Å². The Hall–Kier alpha value is -0.0800. The van der Waals surface area contributed by atoms with Gasteiger partial charge in [-0.05, 0) is 82.5 Å². The fourth-order valence-corrected chi connectivity index (χ4v) is 3.52. The lowest BCUT2D eigenvalue weighted by molar-refractivity contribution is 0.182. The van der Waals surface area contributed by atoms with Gasteiger partial charge in [-0.25, -0.2) is 0 Å². The first kappa shape index (κ1) is 19.0. The molecule has 1 heterocycles. The van der Waals surface area contributed by atoms with E-state index >= 15 is 0 Å². The summed E-state index contributed by atoms with van der Waals surface area (Å²) in [7, 11) is 0. The quantitative estimate of drug-likeness (QED) is 0.693. The van der Waals surface area contributed by atoms with Crippen LogP contribution in [0.2, 0.25) is 0 Å². The number of nitrogens with zero attached hydrogens (tertiary/aromatic N) is 1. The second-order valence-corrected chi connectivity index (χ2v) is 8.62. The molecule has 0 radical (unpaired) electrons. The Morgan fingerprint density at radius 2 is 1.81 bits per heavy atom. The monoisotopic (exact) mass is 296 g/mol. The fourth-order valence-electron chi connectivity index (χ4n) is 3.52. The van der Waals surface area contributed by atoms with Crippen molar-refractivity contribution in [3.63, 3.8) is 0 Å². The van der Waals surface area contributed by atoms with Gasteiger partial charge in [0, 0.05) is 6.04 Å². The molecule has 2 atom stereocenters. The van der Waals surface area contributed by atoms with Crippen molar-refractivity contribution in [2.45, 2.75) is 79.7 Å². The van der Waals surface area contributed by atoms with Gasteiger partial charge in [0.1, 0.15) is 0 Å². The maximum Gasteiger partial charge on any atom is 0.00674 e. The molecular weight excluding hydrogens is 256 g/mol. The molecule has 0 aromatic heterocycles. The molecule has 2 nitrogen and oxygen atoms in total. The molecule has 2 heteroatoms. The van der Waals surface area contributed by atoms with E-state index in [1.54, 1.807) is 0 Å². The molecule has 0 saturated carbocycles. The lowest BCUT2D eigenvalue weighted by atomic mass is 9.77. The minimum absolute atomic E-state index is 0.486. The van der Waals surface area contributed by atoms with Gasteiger partial charge in [0.15, 0.2) is 0 Å². The van der Waals surface area contributed by atoms with Crippen molar-refractivity contribution in [1.82, 2.24) is 10.2 Å². The van der Waals surface area contributed by atoms with Crippen LogP contribution in [0.5, 0.6) is 0 Å². The van der Waals surface area contributed by atoms with Crippen LogP contribution in [0.15, 0.2) is 0 Å². The minimum Gasteiger partial charge on any atom is -0.316 e. The molecule has 1 N–H and O–H groups in total. The largest absolute Gasteiger partial charge is 0.316 e. The van der Waals surface area contributed by atoms with Crippen LogP contribution >= 0.6 is 0 Å². The van der Waals surface area contributed by atoms with Crippen LogP contribution in [-0.4, -0.2) is 37.1 Å². The average Bonchev–Trinajstić information content (AvgIpc) is 2.63. The summed E-state index contributed by atoms with van der Waals surface area (Å²) in [5.41, 5.74) is 0.486. The summed E-state index contributed by atoms with van der Waals surface area (Å²) in [6.07, 6.45) is 6.85. The highest BCUT2D eigenvalue weighted by molar-refractivity contribution is 4.80. The molecule has 0 aromatic rings. The fraction of sp³-hybridized carbons (Fsp3) is 1.00. The van der Waals surface area contributed by atoms with Crippen molar-refractivity contribution in [3.8, 4) is 0 Å². The highest BCUT2D eigenvalue weighted by Crippen LogP contribution is 2.34. The number of likely N-dealkylation sites (tertiary alicyclic amines) is 1. The van der Waals surface area contributed by atoms with E-state index in [0.717, 1.165) is 24.4 Å². The van der Waals surface area contributed by atoms with E-state index in [4.69, 9.17) is 0 Å². The van der Waals surface area contributed by atoms with E-state index < -0.39 is 0 Å². The molecule has 0 aliphatic carbocycles. The molecule has 1 aliphatic rings. The Kier molecular flexibility index (Phi) is 8.26. The Balaban J connectivity index is 2.24. The summed E-state index contributed by atoms with van der Waals surface area (Å²) >= 11 is 0. The molecule has 0 spiro atoms. The van der Waals surface area contributed by atoms with Gasteiger partial charge >= 0.3 is 0 Å². The topological polar surface area (TPSA) is 15.3 Å². The van der Waals surface area contributed by atoms with Crippen molar-refractivity contribution in [2.24, 2.45) is 17.3 Å². The number of nitrogens with one attached hydrogen (secondary N) is 1. The third-order valence-electron chi connectivity index (χ3n) is 5.14. The van der Waals surface area contributed by atoms with E-state index in [9.17, 15) is 0 Å². The molecule has 2 unspecified atom stereocenters. The molecule has 21 heavy (non-hydrogen) atoms. The lowest BCUT2D eigenvalue weighted by Crippen LogP contribution is -2.35. The molecule has 1 aliphatic heterocycles. The Morgan fingerprint density at radius 3 is 2.43 bits per heavy atom. The van der Waals surface area contributed by atoms with Gasteiger partial charge in [-0.15, -0.1) is 0 Å². The Labute approximate surface area is 134 Å². The van der Waals surface area contributed by atoms with Crippen molar-refractivity contribution in [1.29, 1.82) is 0 Å². The minimum atomic E-state index is 0.486. The normalized spacial score (nSPS) is 23.3. The number of hydrogen-bond donors (Lipinski definition) is 1. The average molecular weight is 297 g/mol. The summed E-state index contributed by atoms with van der Waals surface area (Å²) in [5.74, 6) is 1.67. The van der Waals surface area contributed by atoms with E-state index in [-0.39, 0.29) is 0 Å². The standard InChI is InChI=1S/C19H40N2/c1-16(2)15-20-12-7-9-17(3)21-13-8-10-18(11-14-21)19(4,5)6/h16-18,20H,7-15H2,1-6H3. The second-order valence-electron chi connectivity index (χ2n) is 8.62. The molecule has 0 amide bonds. The maximum atomic E-state index is 3.56. The van der Waals surface area contributed by atoms with Gasteiger partial charge in [0.05, 0.1) is 0 Å². The van der Waals surface area contributed by atoms with Gasteiger partial charge < -0.3 is 10.2 Å². The van der Waals surface area contributed by atoms with E-state index in [2.05, 4.69) is 51.8 Å². The van der Waals surface area contributed by atoms with Crippen molar-refractivity contribution < 1.29 is 0 Å². The molecule has 0 aromatic carbocycles. The lowest BCUT2D eigenvalue weighted by Gasteiger charge is -2.31. The molecule has 1 fully saturated rings. The maximum absolute atomic E-state index is 3.56. The number of hydrogen-bond acceptors (Lipinski definition) is 2. The van der Waals surface area contributed by atoms with Crippen LogP contribution in [0, 0.1) is 17.3 Å². The first-order valence-corrected chi connectivity index (χ1v) is 9.25. The first-order chi connectivity index (χ1) is 9.80. The zero-order valence-corrected chi connectivity index (χ0v) is 15.5. The smallest absolute Gasteiger partial charge is 0.00674 e. The van der Waals surface area contributed by atoms with Crippen molar-refractivity contribution in [2.75, 3.05) is 26.2 Å². The molecular formula is C19H40N2. The van der Waals surface area contributed by atoms with Crippen LogP contribution < -0.4 is 5.32 Å². The number of rotatable bonds is 7. The zero-order chi connectivity index (χ0) is 15.9. The summed E-state index contributed by atoms with van der Waals surface area (Å²) in [4.78, 5) is 2.74. The Bertz CT molecular complexity index is 267. The Morgan fingerprint density at radius 1 is 1.10 bits per heavy atom. The van der Waals surface area contributed by atoms with E-state index in [1.165, 1.54) is 51.7 Å². The molecule has 0 bridgehead atoms. The zero-order valence-electron chi connectivity index (χ0n) is 15.5. The van der Waals surface area contributed by atoms with Gasteiger partial charge in [0.25, 0.3) is 0 Å². The third-order valence-corrected chi connectivity index (χ3v) is 5.14. The van der Waals surface area contributed by atoms with Crippen LogP contribution in [-0.2, 0) is 0 Å². The van der Waals surface area contributed by atoms with Gasteiger partial charge in [0.2, 0.25) is 0 Å². The SMILES string of the molecule is CC(C)CNCCCC(C)N1CCCC(C(C)(C)C)CC1. The van der Waals surface area contributed by atoms with Gasteiger partial charge in [-0.1, -0.05) is 34.6 Å². The highest BCUT2D eigenvalue weighted by Gasteiger charge is 2.28. The summed E-state index contributed by atoms with van der Waals surface area (Å²) in [5, 5.41) is 3.56. The van der Waals surface area contributed by atoms with E-state index in [1.807, 2.05) is 0 Å². The summed E-state index contributed by atoms with van der Waals surface area (Å²) < 4.78 is 0. The first-order valence-electron chi connectivity index (χ1n) is 9.25. The van der Waals surface area contributed by atoms with E-state index in [0.29, 0.717) is 5.41 Å². The predicted octanol–water partition coefficient (Wildman–Crippen LogP) is 4.55. The predicted molar refractivity (Wildman–Crippen MR) is 94.8 cm³/mol. The highest BCUT2D eigenvalue weighted by atomic mass is 15.1. The second kappa shape index (κ2) is 9.15. The van der Waals surface area contributed by atoms with Crippen LogP contribution in [0.4, 0.5) is 0 Å². The van der Waals surface area contributed by atoms with Crippen LogP contribution in [0.25, 0.3) is 0 Å². The molecule has 1 saturated heterocycles. The summed E-state index contributed by atoms with van der Waals surface area (Å²) in [6.45, 7) is 19.2. The van der Waals surface area contributed by atoms with Crippen LogP contribution in [0.1, 0.15) is 73.6 Å².